The van der Waals surface area contributed by atoms with Crippen molar-refractivity contribution in [2.24, 2.45) is 12.0 Å². The van der Waals surface area contributed by atoms with Crippen LogP contribution in [0, 0.1) is 0 Å². The number of hydrogen-bond acceptors (Lipinski definition) is 5. The number of nitrogens with zero attached hydrogens (tertiary/aromatic N) is 4. The third-order valence-electron chi connectivity index (χ3n) is 2.91. The van der Waals surface area contributed by atoms with Crippen molar-refractivity contribution in [3.8, 4) is 0 Å². The Hall–Kier alpha value is -1.49. The van der Waals surface area contributed by atoms with Crippen molar-refractivity contribution in [2.75, 3.05) is 32.8 Å². The van der Waals surface area contributed by atoms with Gasteiger partial charge in [-0.2, -0.15) is 5.10 Å². The predicted octanol–water partition coefficient (Wildman–Crippen LogP) is 0.262. The second-order valence-electron chi connectivity index (χ2n) is 4.02. The summed E-state index contributed by atoms with van der Waals surface area (Å²) >= 11 is 0. The molecule has 1 aliphatic heterocycles. The van der Waals surface area contributed by atoms with E-state index in [1.165, 1.54) is 6.08 Å². The fourth-order valence-electron chi connectivity index (χ4n) is 1.92. The first-order valence-electron chi connectivity index (χ1n) is 5.70. The van der Waals surface area contributed by atoms with Crippen molar-refractivity contribution < 1.29 is 9.53 Å². The Morgan fingerprint density at radius 3 is 3.00 bits per heavy atom. The first-order chi connectivity index (χ1) is 8.29. The van der Waals surface area contributed by atoms with E-state index < -0.39 is 0 Å². The van der Waals surface area contributed by atoms with Crippen molar-refractivity contribution in [2.45, 2.75) is 6.42 Å². The van der Waals surface area contributed by atoms with Gasteiger partial charge in [0.2, 0.25) is 6.08 Å². The molecule has 0 bridgehead atoms. The number of aromatic nitrogens is 2. The van der Waals surface area contributed by atoms with Crippen LogP contribution in [0.25, 0.3) is 0 Å². The number of aliphatic imine (C=N–C) groups is 1. The van der Waals surface area contributed by atoms with Crippen molar-refractivity contribution >= 4 is 11.9 Å². The zero-order chi connectivity index (χ0) is 12.1. The van der Waals surface area contributed by atoms with Crippen LogP contribution >= 0.6 is 0 Å². The molecule has 1 aliphatic rings. The van der Waals surface area contributed by atoms with Crippen LogP contribution in [-0.4, -0.2) is 53.6 Å². The molecule has 1 aromatic heterocycles. The lowest BCUT2D eigenvalue weighted by Gasteiger charge is -2.26. The maximum absolute atomic E-state index is 10.1. The van der Waals surface area contributed by atoms with Crippen LogP contribution in [0.5, 0.6) is 0 Å². The van der Waals surface area contributed by atoms with Crippen LogP contribution in [0.2, 0.25) is 0 Å². The van der Waals surface area contributed by atoms with Gasteiger partial charge < -0.3 is 4.74 Å². The predicted molar refractivity (Wildman–Crippen MR) is 62.0 cm³/mol. The first kappa shape index (κ1) is 12.0. The van der Waals surface area contributed by atoms with E-state index in [1.807, 2.05) is 13.1 Å². The number of morpholine rings is 1. The smallest absolute Gasteiger partial charge is 0.242 e. The number of rotatable bonds is 4. The third-order valence-corrected chi connectivity index (χ3v) is 2.91. The van der Waals surface area contributed by atoms with Gasteiger partial charge in [-0.25, -0.2) is 4.79 Å². The average molecular weight is 236 g/mol. The Morgan fingerprint density at radius 2 is 2.29 bits per heavy atom. The minimum atomic E-state index is 0.430. The highest BCUT2D eigenvalue weighted by molar-refractivity contribution is 5.44. The molecule has 17 heavy (non-hydrogen) atoms. The van der Waals surface area contributed by atoms with E-state index in [1.54, 1.807) is 4.68 Å². The van der Waals surface area contributed by atoms with Crippen LogP contribution in [0.3, 0.4) is 0 Å². The monoisotopic (exact) mass is 236 g/mol. The van der Waals surface area contributed by atoms with Crippen molar-refractivity contribution in [3.63, 3.8) is 0 Å². The lowest BCUT2D eigenvalue weighted by molar-refractivity contribution is 0.0382. The molecule has 0 aromatic carbocycles. The van der Waals surface area contributed by atoms with E-state index >= 15 is 0 Å². The molecule has 2 heterocycles. The Bertz CT molecular complexity index is 417. The lowest BCUT2D eigenvalue weighted by Crippen LogP contribution is -2.37. The van der Waals surface area contributed by atoms with Gasteiger partial charge in [0.15, 0.2) is 5.82 Å². The van der Waals surface area contributed by atoms with E-state index in [-0.39, 0.29) is 0 Å². The number of ether oxygens (including phenoxy) is 1. The maximum atomic E-state index is 10.1. The Balaban J connectivity index is 1.91. The summed E-state index contributed by atoms with van der Waals surface area (Å²) in [6, 6.07) is 1.82. The second kappa shape index (κ2) is 5.72. The Morgan fingerprint density at radius 1 is 1.53 bits per heavy atom. The minimum Gasteiger partial charge on any atom is -0.379 e. The summed E-state index contributed by atoms with van der Waals surface area (Å²) in [5, 5.41) is 4.11. The molecule has 1 saturated heterocycles. The van der Waals surface area contributed by atoms with Crippen LogP contribution in [-0.2, 0) is 23.0 Å². The molecule has 0 saturated carbocycles. The lowest BCUT2D eigenvalue weighted by atomic mass is 10.2. The molecule has 6 nitrogen and oxygen atoms in total. The molecule has 1 aromatic rings. The van der Waals surface area contributed by atoms with Crippen LogP contribution in [0.4, 0.5) is 5.82 Å². The molecule has 2 rings (SSSR count). The molecular weight excluding hydrogens is 220 g/mol. The first-order valence-corrected chi connectivity index (χ1v) is 5.70. The average Bonchev–Trinajstić information content (AvgIpc) is 2.69. The zero-order valence-corrected chi connectivity index (χ0v) is 9.93. The number of hydrogen-bond donors (Lipinski definition) is 0. The molecular formula is C11H16N4O2. The number of isocyanates is 1. The normalized spacial score (nSPS) is 16.8. The molecule has 0 aliphatic carbocycles. The number of carbonyl (C=O) groups excluding carboxylic acids is 1. The number of aryl methyl sites for hydroxylation is 1. The molecule has 92 valence electrons. The highest BCUT2D eigenvalue weighted by Gasteiger charge is 2.11. The van der Waals surface area contributed by atoms with Gasteiger partial charge in [0.25, 0.3) is 0 Å². The molecule has 6 heteroatoms. The molecule has 0 N–H and O–H groups in total. The highest BCUT2D eigenvalue weighted by atomic mass is 16.5. The molecule has 0 unspecified atom stereocenters. The van der Waals surface area contributed by atoms with Gasteiger partial charge in [-0.1, -0.05) is 0 Å². The summed E-state index contributed by atoms with van der Waals surface area (Å²) in [7, 11) is 1.86. The Labute approximate surface area is 99.9 Å². The summed E-state index contributed by atoms with van der Waals surface area (Å²) in [4.78, 5) is 16.0. The van der Waals surface area contributed by atoms with Gasteiger partial charge in [0.1, 0.15) is 0 Å². The van der Waals surface area contributed by atoms with Gasteiger partial charge in [0.05, 0.1) is 13.2 Å². The molecule has 0 atom stereocenters. The van der Waals surface area contributed by atoms with Crippen LogP contribution in [0.1, 0.15) is 5.69 Å². The van der Waals surface area contributed by atoms with E-state index in [2.05, 4.69) is 15.0 Å². The summed E-state index contributed by atoms with van der Waals surface area (Å²) < 4.78 is 7.05. The minimum absolute atomic E-state index is 0.430. The largest absolute Gasteiger partial charge is 0.379 e. The fraction of sp³-hybridized carbons (Fsp3) is 0.636. The van der Waals surface area contributed by atoms with Crippen molar-refractivity contribution in [1.82, 2.24) is 14.7 Å². The van der Waals surface area contributed by atoms with Gasteiger partial charge in [-0.3, -0.25) is 9.58 Å². The molecule has 0 spiro atoms. The van der Waals surface area contributed by atoms with E-state index in [0.29, 0.717) is 5.82 Å². The quantitative estimate of drug-likeness (QED) is 0.556. The summed E-state index contributed by atoms with van der Waals surface area (Å²) in [5.74, 6) is 0.430. The summed E-state index contributed by atoms with van der Waals surface area (Å²) in [5.41, 5.74) is 1.07. The van der Waals surface area contributed by atoms with Gasteiger partial charge in [-0.05, 0) is 0 Å². The second-order valence-corrected chi connectivity index (χ2v) is 4.02. The topological polar surface area (TPSA) is 59.7 Å². The van der Waals surface area contributed by atoms with E-state index in [0.717, 1.165) is 45.0 Å². The van der Waals surface area contributed by atoms with Gasteiger partial charge >= 0.3 is 0 Å². The van der Waals surface area contributed by atoms with E-state index in [9.17, 15) is 4.79 Å². The van der Waals surface area contributed by atoms with Gasteiger partial charge in [0, 0.05) is 44.9 Å². The van der Waals surface area contributed by atoms with Crippen LogP contribution < -0.4 is 0 Å². The van der Waals surface area contributed by atoms with Gasteiger partial charge in [-0.15, -0.1) is 4.99 Å². The fourth-order valence-corrected chi connectivity index (χ4v) is 1.92. The maximum Gasteiger partial charge on any atom is 0.242 e. The van der Waals surface area contributed by atoms with E-state index in [4.69, 9.17) is 4.74 Å². The summed E-state index contributed by atoms with van der Waals surface area (Å²) in [6.45, 7) is 4.57. The standard InChI is InChI=1S/C11H16N4O2/c1-14-10(8-11(13-14)12-9-16)2-3-15-4-6-17-7-5-15/h8H,2-7H2,1H3. The Kier molecular flexibility index (Phi) is 4.03. The van der Waals surface area contributed by atoms with Crippen molar-refractivity contribution in [3.05, 3.63) is 11.8 Å². The third kappa shape index (κ3) is 3.23. The van der Waals surface area contributed by atoms with Crippen molar-refractivity contribution in [1.29, 1.82) is 0 Å². The molecule has 0 amide bonds. The zero-order valence-electron chi connectivity index (χ0n) is 9.93. The molecule has 0 radical (unpaired) electrons. The highest BCUT2D eigenvalue weighted by Crippen LogP contribution is 2.12. The van der Waals surface area contributed by atoms with Crippen LogP contribution in [0.15, 0.2) is 11.1 Å². The SMILES string of the molecule is Cn1nc(N=C=O)cc1CCN1CCOCC1. The summed E-state index contributed by atoms with van der Waals surface area (Å²) in [6.07, 6.45) is 2.40. The molecule has 1 fully saturated rings.